The number of carboxylic acid groups (broad SMARTS) is 1. The van der Waals surface area contributed by atoms with Gasteiger partial charge in [-0.1, -0.05) is 13.8 Å². The van der Waals surface area contributed by atoms with Gasteiger partial charge in [0, 0.05) is 6.20 Å². The molecule has 1 rings (SSSR count). The zero-order chi connectivity index (χ0) is 15.5. The van der Waals surface area contributed by atoms with Crippen LogP contribution in [0.5, 0.6) is 0 Å². The molecule has 1 amide bonds. The predicted octanol–water partition coefficient (Wildman–Crippen LogP) is -0.432. The van der Waals surface area contributed by atoms with E-state index in [0.29, 0.717) is 0 Å². The van der Waals surface area contributed by atoms with Gasteiger partial charge >= 0.3 is 5.97 Å². The van der Waals surface area contributed by atoms with Crippen LogP contribution in [0.4, 0.5) is 0 Å². The molecule has 0 aliphatic heterocycles. The molecule has 20 heavy (non-hydrogen) atoms. The number of nitrogens with two attached hydrogens (primary N) is 1. The molecule has 0 aliphatic carbocycles. The van der Waals surface area contributed by atoms with Crippen LogP contribution < -0.4 is 10.5 Å². The Balaban J connectivity index is 2.91. The van der Waals surface area contributed by atoms with E-state index in [1.165, 1.54) is 0 Å². The van der Waals surface area contributed by atoms with E-state index in [2.05, 4.69) is 10.3 Å². The number of aromatic nitrogens is 1. The molecule has 0 fully saturated rings. The zero-order valence-electron chi connectivity index (χ0n) is 10.9. The molecule has 0 bridgehead atoms. The van der Waals surface area contributed by atoms with Gasteiger partial charge in [-0.05, 0) is 18.1 Å². The van der Waals surface area contributed by atoms with Gasteiger partial charge in [0.15, 0.2) is 0 Å². The van der Waals surface area contributed by atoms with Crippen molar-refractivity contribution < 1.29 is 23.1 Å². The third kappa shape index (κ3) is 4.00. The summed E-state index contributed by atoms with van der Waals surface area (Å²) in [7, 11) is -3.88. The highest BCUT2D eigenvalue weighted by atomic mass is 32.2. The first-order valence-electron chi connectivity index (χ1n) is 5.65. The summed E-state index contributed by atoms with van der Waals surface area (Å²) in [5.74, 6) is -2.17. The summed E-state index contributed by atoms with van der Waals surface area (Å²) in [4.78, 5) is 26.2. The van der Waals surface area contributed by atoms with Crippen LogP contribution in [0.3, 0.4) is 0 Å². The van der Waals surface area contributed by atoms with Crippen LogP contribution in [-0.4, -0.2) is 36.4 Å². The highest BCUT2D eigenvalue weighted by Crippen LogP contribution is 2.07. The van der Waals surface area contributed by atoms with Crippen molar-refractivity contribution in [3.05, 3.63) is 24.0 Å². The number of hydrogen-bond donors (Lipinski definition) is 3. The lowest BCUT2D eigenvalue weighted by molar-refractivity contribution is -0.140. The van der Waals surface area contributed by atoms with Gasteiger partial charge in [-0.25, -0.2) is 23.3 Å². The molecular weight excluding hydrogens is 286 g/mol. The van der Waals surface area contributed by atoms with E-state index in [4.69, 9.17) is 10.2 Å². The molecule has 0 saturated carbocycles. The Morgan fingerprint density at radius 3 is 2.30 bits per heavy atom. The molecule has 0 aliphatic rings. The van der Waals surface area contributed by atoms with Crippen LogP contribution in [0.2, 0.25) is 0 Å². The van der Waals surface area contributed by atoms with Crippen LogP contribution in [0.1, 0.15) is 24.3 Å². The SMILES string of the molecule is CC(C)[C@H](NC(=O)c1ccc(S(N)(=O)=O)cn1)C(=O)O. The summed E-state index contributed by atoms with van der Waals surface area (Å²) in [6, 6.07) is 1.23. The first-order chi connectivity index (χ1) is 9.12. The molecule has 0 aromatic carbocycles. The monoisotopic (exact) mass is 301 g/mol. The third-order valence-corrected chi connectivity index (χ3v) is 3.42. The zero-order valence-corrected chi connectivity index (χ0v) is 11.7. The van der Waals surface area contributed by atoms with Gasteiger partial charge in [0.2, 0.25) is 10.0 Å². The van der Waals surface area contributed by atoms with Gasteiger partial charge in [0.25, 0.3) is 5.91 Å². The average Bonchev–Trinajstić information content (AvgIpc) is 2.34. The summed E-state index contributed by atoms with van der Waals surface area (Å²) in [6.45, 7) is 3.30. The van der Waals surface area contributed by atoms with Gasteiger partial charge in [0.05, 0.1) is 0 Å². The number of primary sulfonamides is 1. The van der Waals surface area contributed by atoms with E-state index in [9.17, 15) is 18.0 Å². The lowest BCUT2D eigenvalue weighted by Crippen LogP contribution is -2.44. The molecule has 1 heterocycles. The van der Waals surface area contributed by atoms with Crippen LogP contribution in [-0.2, 0) is 14.8 Å². The Morgan fingerprint density at radius 1 is 1.35 bits per heavy atom. The molecule has 0 saturated heterocycles. The number of nitrogens with one attached hydrogen (secondary N) is 1. The van der Waals surface area contributed by atoms with E-state index in [1.54, 1.807) is 13.8 Å². The number of nitrogens with zero attached hydrogens (tertiary/aromatic N) is 1. The Bertz CT molecular complexity index is 609. The number of hydrogen-bond acceptors (Lipinski definition) is 5. The molecule has 1 aromatic rings. The highest BCUT2D eigenvalue weighted by Gasteiger charge is 2.24. The third-order valence-electron chi connectivity index (χ3n) is 2.52. The molecule has 0 spiro atoms. The lowest BCUT2D eigenvalue weighted by Gasteiger charge is -2.17. The summed E-state index contributed by atoms with van der Waals surface area (Å²) < 4.78 is 22.1. The minimum absolute atomic E-state index is 0.0932. The second-order valence-electron chi connectivity index (χ2n) is 4.46. The van der Waals surface area contributed by atoms with Crippen molar-refractivity contribution in [3.63, 3.8) is 0 Å². The second-order valence-corrected chi connectivity index (χ2v) is 6.02. The van der Waals surface area contributed by atoms with Crippen LogP contribution in [0.25, 0.3) is 0 Å². The largest absolute Gasteiger partial charge is 0.480 e. The van der Waals surface area contributed by atoms with Crippen molar-refractivity contribution in [2.45, 2.75) is 24.8 Å². The van der Waals surface area contributed by atoms with E-state index in [-0.39, 0.29) is 16.5 Å². The first-order valence-corrected chi connectivity index (χ1v) is 7.20. The predicted molar refractivity (Wildman–Crippen MR) is 69.3 cm³/mol. The smallest absolute Gasteiger partial charge is 0.326 e. The molecule has 0 unspecified atom stereocenters. The van der Waals surface area contributed by atoms with Crippen LogP contribution >= 0.6 is 0 Å². The van der Waals surface area contributed by atoms with Crippen LogP contribution in [0.15, 0.2) is 23.2 Å². The van der Waals surface area contributed by atoms with E-state index in [0.717, 1.165) is 18.3 Å². The molecule has 1 aromatic heterocycles. The maximum atomic E-state index is 11.8. The fourth-order valence-corrected chi connectivity index (χ4v) is 1.87. The van der Waals surface area contributed by atoms with Gasteiger partial charge in [-0.2, -0.15) is 0 Å². The lowest BCUT2D eigenvalue weighted by atomic mass is 10.0. The van der Waals surface area contributed by atoms with Crippen molar-refractivity contribution in [1.29, 1.82) is 0 Å². The minimum Gasteiger partial charge on any atom is -0.480 e. The van der Waals surface area contributed by atoms with E-state index < -0.39 is 27.9 Å². The quantitative estimate of drug-likeness (QED) is 0.674. The molecule has 8 nitrogen and oxygen atoms in total. The number of aliphatic carboxylic acids is 1. The summed E-state index contributed by atoms with van der Waals surface area (Å²) in [5, 5.41) is 16.2. The molecule has 9 heteroatoms. The topological polar surface area (TPSA) is 139 Å². The van der Waals surface area contributed by atoms with Gasteiger partial charge in [-0.3, -0.25) is 4.79 Å². The van der Waals surface area contributed by atoms with Crippen molar-refractivity contribution in [2.75, 3.05) is 0 Å². The molecule has 0 radical (unpaired) electrons. The maximum Gasteiger partial charge on any atom is 0.326 e. The molecule has 4 N–H and O–H groups in total. The van der Waals surface area contributed by atoms with Crippen molar-refractivity contribution >= 4 is 21.9 Å². The van der Waals surface area contributed by atoms with E-state index in [1.807, 2.05) is 0 Å². The maximum absolute atomic E-state index is 11.8. The second kappa shape index (κ2) is 5.97. The number of pyridine rings is 1. The molecule has 110 valence electrons. The highest BCUT2D eigenvalue weighted by molar-refractivity contribution is 7.89. The first kappa shape index (κ1) is 16.1. The summed E-state index contributed by atoms with van der Waals surface area (Å²) >= 11 is 0. The normalized spacial score (nSPS) is 13.0. The van der Waals surface area contributed by atoms with E-state index >= 15 is 0 Å². The number of rotatable bonds is 5. The average molecular weight is 301 g/mol. The Morgan fingerprint density at radius 2 is 1.95 bits per heavy atom. The van der Waals surface area contributed by atoms with Crippen molar-refractivity contribution in [1.82, 2.24) is 10.3 Å². The van der Waals surface area contributed by atoms with Crippen molar-refractivity contribution in [2.24, 2.45) is 11.1 Å². The van der Waals surface area contributed by atoms with Crippen LogP contribution in [0, 0.1) is 5.92 Å². The number of amides is 1. The van der Waals surface area contributed by atoms with Gasteiger partial charge < -0.3 is 10.4 Å². The number of carbonyl (C=O) groups excluding carboxylic acids is 1. The number of carbonyl (C=O) groups is 2. The fourth-order valence-electron chi connectivity index (χ4n) is 1.41. The molecular formula is C11H15N3O5S. The Hall–Kier alpha value is -2.00. The van der Waals surface area contributed by atoms with Gasteiger partial charge in [0.1, 0.15) is 16.6 Å². The Labute approximate surface area is 116 Å². The van der Waals surface area contributed by atoms with Gasteiger partial charge in [-0.15, -0.1) is 0 Å². The summed E-state index contributed by atoms with van der Waals surface area (Å²) in [5.41, 5.74) is -0.0932. The minimum atomic E-state index is -3.88. The molecule has 1 atom stereocenters. The fraction of sp³-hybridized carbons (Fsp3) is 0.364. The Kier molecular flexibility index (Phi) is 4.79. The van der Waals surface area contributed by atoms with Crippen molar-refractivity contribution in [3.8, 4) is 0 Å². The number of sulfonamides is 1. The standard InChI is InChI=1S/C11H15N3O5S/c1-6(2)9(11(16)17)14-10(15)8-4-3-7(5-13-8)20(12,18)19/h3-6,9H,1-2H3,(H,14,15)(H,16,17)(H2,12,18,19)/t9-/m0/s1. The summed E-state index contributed by atoms with van der Waals surface area (Å²) in [6.07, 6.45) is 0.940. The number of carboxylic acids is 1.